The van der Waals surface area contributed by atoms with Crippen molar-refractivity contribution in [2.24, 2.45) is 41.4 Å². The van der Waals surface area contributed by atoms with Crippen LogP contribution in [0.25, 0.3) is 0 Å². The van der Waals surface area contributed by atoms with Crippen molar-refractivity contribution in [3.8, 4) is 0 Å². The van der Waals surface area contributed by atoms with Crippen molar-refractivity contribution in [1.82, 2.24) is 0 Å². The van der Waals surface area contributed by atoms with Crippen LogP contribution in [-0.2, 0) is 0 Å². The lowest BCUT2D eigenvalue weighted by Gasteiger charge is -2.34. The lowest BCUT2D eigenvalue weighted by atomic mass is 9.70. The summed E-state index contributed by atoms with van der Waals surface area (Å²) in [4.78, 5) is 0. The topological polar surface area (TPSA) is 0 Å². The minimum Gasteiger partial charge on any atom is -0.0651 e. The van der Waals surface area contributed by atoms with E-state index in [2.05, 4.69) is 84.9 Å². The van der Waals surface area contributed by atoms with Gasteiger partial charge >= 0.3 is 0 Å². The molecule has 0 nitrogen and oxygen atoms in total. The molecule has 0 heterocycles. The molecule has 8 unspecified atom stereocenters. The molecular weight excluding hydrogens is 468 g/mol. The number of rotatable bonds is 4. The van der Waals surface area contributed by atoms with Crippen molar-refractivity contribution in [2.45, 2.75) is 131 Å². The smallest absolute Gasteiger partial charge is 0.0131 e. The van der Waals surface area contributed by atoms with Crippen molar-refractivity contribution in [3.05, 3.63) is 69.8 Å². The maximum atomic E-state index is 2.46. The van der Waals surface area contributed by atoms with Crippen molar-refractivity contribution in [2.75, 3.05) is 0 Å². The van der Waals surface area contributed by atoms with Gasteiger partial charge in [-0.3, -0.25) is 0 Å². The van der Waals surface area contributed by atoms with E-state index in [0.717, 1.165) is 53.3 Å². The summed E-state index contributed by atoms with van der Waals surface area (Å²) in [5, 5.41) is 0. The summed E-state index contributed by atoms with van der Waals surface area (Å²) < 4.78 is 0. The molecule has 0 aliphatic heterocycles. The molecule has 214 valence electrons. The second-order valence-corrected chi connectivity index (χ2v) is 15.0. The van der Waals surface area contributed by atoms with Gasteiger partial charge in [0.15, 0.2) is 0 Å². The molecule has 4 saturated carbocycles. The summed E-state index contributed by atoms with van der Waals surface area (Å²) in [6.07, 6.45) is 16.2. The molecule has 2 aromatic rings. The van der Waals surface area contributed by atoms with E-state index in [4.69, 9.17) is 0 Å². The molecule has 4 aliphatic rings. The number of aryl methyl sites for hydroxylation is 4. The van der Waals surface area contributed by atoms with Crippen LogP contribution in [0.15, 0.2) is 36.4 Å². The number of benzene rings is 2. The molecule has 0 spiro atoms. The van der Waals surface area contributed by atoms with Gasteiger partial charge in [-0.25, -0.2) is 0 Å². The normalized spacial score (nSPS) is 33.8. The van der Waals surface area contributed by atoms with Gasteiger partial charge < -0.3 is 0 Å². The highest BCUT2D eigenvalue weighted by molar-refractivity contribution is 5.33. The Morgan fingerprint density at radius 1 is 0.590 bits per heavy atom. The van der Waals surface area contributed by atoms with E-state index < -0.39 is 0 Å². The van der Waals surface area contributed by atoms with Gasteiger partial charge in [0.2, 0.25) is 0 Å². The monoisotopic (exact) mass is 526 g/mol. The zero-order chi connectivity index (χ0) is 27.7. The summed E-state index contributed by atoms with van der Waals surface area (Å²) in [6, 6.07) is 14.5. The highest BCUT2D eigenvalue weighted by Crippen LogP contribution is 2.54. The molecular formula is C39H58. The lowest BCUT2D eigenvalue weighted by Crippen LogP contribution is -2.22. The van der Waals surface area contributed by atoms with E-state index in [1.165, 1.54) is 92.9 Å². The van der Waals surface area contributed by atoms with Crippen LogP contribution in [0.3, 0.4) is 0 Å². The first-order valence-corrected chi connectivity index (χ1v) is 16.9. The van der Waals surface area contributed by atoms with E-state index >= 15 is 0 Å². The maximum Gasteiger partial charge on any atom is -0.0131 e. The molecule has 0 aromatic heterocycles. The van der Waals surface area contributed by atoms with Crippen LogP contribution >= 0.6 is 0 Å². The Labute approximate surface area is 241 Å². The summed E-state index contributed by atoms with van der Waals surface area (Å²) >= 11 is 0. The highest BCUT2D eigenvalue weighted by atomic mass is 14.5. The maximum absolute atomic E-state index is 2.46. The zero-order valence-corrected chi connectivity index (χ0v) is 26.4. The molecule has 2 aromatic carbocycles. The Morgan fingerprint density at radius 3 is 1.51 bits per heavy atom. The first-order chi connectivity index (χ1) is 18.7. The van der Waals surface area contributed by atoms with Crippen molar-refractivity contribution >= 4 is 0 Å². The highest BCUT2D eigenvalue weighted by Gasteiger charge is 2.42. The molecule has 0 N–H and O–H groups in total. The van der Waals surface area contributed by atoms with E-state index in [1.807, 2.05) is 0 Å². The van der Waals surface area contributed by atoms with Crippen LogP contribution < -0.4 is 0 Å². The summed E-state index contributed by atoms with van der Waals surface area (Å²) in [5.74, 6) is 8.58. The van der Waals surface area contributed by atoms with Gasteiger partial charge in [-0.05, 0) is 131 Å². The Hall–Kier alpha value is -1.56. The largest absolute Gasteiger partial charge is 0.0651 e. The zero-order valence-electron chi connectivity index (χ0n) is 26.4. The predicted octanol–water partition coefficient (Wildman–Crippen LogP) is 11.5. The second kappa shape index (κ2) is 12.5. The van der Waals surface area contributed by atoms with Crippen molar-refractivity contribution in [1.29, 1.82) is 0 Å². The third-order valence-electron chi connectivity index (χ3n) is 11.7. The van der Waals surface area contributed by atoms with Gasteiger partial charge in [0.25, 0.3) is 0 Å². The first kappa shape index (κ1) is 29.0. The third-order valence-corrected chi connectivity index (χ3v) is 11.7. The molecule has 6 rings (SSSR count). The lowest BCUT2D eigenvalue weighted by molar-refractivity contribution is 0.238. The number of fused-ring (bicyclic) bond motifs is 2. The molecule has 4 aliphatic carbocycles. The van der Waals surface area contributed by atoms with Gasteiger partial charge in [-0.1, -0.05) is 112 Å². The molecule has 0 amide bonds. The van der Waals surface area contributed by atoms with E-state index in [1.54, 1.807) is 11.1 Å². The van der Waals surface area contributed by atoms with Gasteiger partial charge in [0.1, 0.15) is 0 Å². The quantitative estimate of drug-likeness (QED) is 0.371. The first-order valence-electron chi connectivity index (χ1n) is 16.9. The Balaban J connectivity index is 0.000000158. The molecule has 8 atom stereocenters. The van der Waals surface area contributed by atoms with Crippen molar-refractivity contribution in [3.63, 3.8) is 0 Å². The number of hydrogen-bond donors (Lipinski definition) is 0. The average molecular weight is 527 g/mol. The van der Waals surface area contributed by atoms with Crippen LogP contribution in [0.5, 0.6) is 0 Å². The molecule has 0 heteroatoms. The van der Waals surface area contributed by atoms with E-state index in [-0.39, 0.29) is 0 Å². The Bertz CT molecular complexity index is 1050. The van der Waals surface area contributed by atoms with Crippen LogP contribution in [0, 0.1) is 69.1 Å². The fourth-order valence-electron chi connectivity index (χ4n) is 9.91. The minimum absolute atomic E-state index is 0.844. The molecule has 39 heavy (non-hydrogen) atoms. The fourth-order valence-corrected chi connectivity index (χ4v) is 9.91. The summed E-state index contributed by atoms with van der Waals surface area (Å²) in [5.41, 5.74) is 9.07. The van der Waals surface area contributed by atoms with E-state index in [0.29, 0.717) is 0 Å². The Morgan fingerprint density at radius 2 is 1.05 bits per heavy atom. The average Bonchev–Trinajstić information content (AvgIpc) is 3.52. The number of hydrogen-bond acceptors (Lipinski definition) is 0. The van der Waals surface area contributed by atoms with Crippen LogP contribution in [0.4, 0.5) is 0 Å². The minimum atomic E-state index is 0.844. The van der Waals surface area contributed by atoms with Crippen LogP contribution in [0.2, 0.25) is 0 Å². The van der Waals surface area contributed by atoms with Gasteiger partial charge in [0, 0.05) is 0 Å². The third kappa shape index (κ3) is 6.68. The SMILES string of the molecule is CCC1CC2CCCC(c3cc(C)cc(C)c3)C2C1.Cc1cc(C)cc(C2CCCC3CC(C(C)C)CC32)c1. The van der Waals surface area contributed by atoms with Crippen molar-refractivity contribution < 1.29 is 0 Å². The summed E-state index contributed by atoms with van der Waals surface area (Å²) in [6.45, 7) is 16.2. The second-order valence-electron chi connectivity index (χ2n) is 15.0. The fraction of sp³-hybridized carbons (Fsp3) is 0.692. The van der Waals surface area contributed by atoms with Crippen LogP contribution in [0.1, 0.15) is 137 Å². The molecule has 0 saturated heterocycles. The Kier molecular flexibility index (Phi) is 9.30. The summed E-state index contributed by atoms with van der Waals surface area (Å²) in [7, 11) is 0. The van der Waals surface area contributed by atoms with Gasteiger partial charge in [-0.2, -0.15) is 0 Å². The molecule has 4 fully saturated rings. The molecule has 0 bridgehead atoms. The predicted molar refractivity (Wildman–Crippen MR) is 170 cm³/mol. The van der Waals surface area contributed by atoms with E-state index in [9.17, 15) is 0 Å². The van der Waals surface area contributed by atoms with Crippen LogP contribution in [-0.4, -0.2) is 0 Å². The van der Waals surface area contributed by atoms with Gasteiger partial charge in [0.05, 0.1) is 0 Å². The standard InChI is InChI=1S/C20H30.C19H28/c1-13(2)17-11-16-6-5-7-19(20(16)12-17)18-9-14(3)8-15(4)10-18;1-4-15-11-16-6-5-7-18(19(16)12-15)17-9-13(2)8-14(3)10-17/h8-10,13,16-17,19-20H,5-7,11-12H2,1-4H3;8-10,15-16,18-19H,4-7,11-12H2,1-3H3. The van der Waals surface area contributed by atoms with Gasteiger partial charge in [-0.15, -0.1) is 0 Å². The molecule has 0 radical (unpaired) electrons.